The van der Waals surface area contributed by atoms with Crippen LogP contribution in [0.5, 0.6) is 0 Å². The summed E-state index contributed by atoms with van der Waals surface area (Å²) in [5.41, 5.74) is 2.74. The van der Waals surface area contributed by atoms with Crippen molar-refractivity contribution in [2.45, 2.75) is 24.1 Å². The fraction of sp³-hybridized carbons (Fsp3) is 0.208. The van der Waals surface area contributed by atoms with Gasteiger partial charge in [0.25, 0.3) is 0 Å². The van der Waals surface area contributed by atoms with Crippen molar-refractivity contribution < 1.29 is 14.3 Å². The van der Waals surface area contributed by atoms with Crippen molar-refractivity contribution in [2.75, 3.05) is 6.54 Å². The Morgan fingerprint density at radius 1 is 0.931 bits per heavy atom. The molecular formula is C24H23FN2O2. The molecule has 0 radical (unpaired) electrons. The lowest BCUT2D eigenvalue weighted by molar-refractivity contribution is -0.125. The van der Waals surface area contributed by atoms with E-state index in [-0.39, 0.29) is 23.7 Å². The molecular weight excluding hydrogens is 367 g/mol. The molecule has 0 aliphatic carbocycles. The number of carbonyl (C=O) groups excluding carboxylic acids is 1. The van der Waals surface area contributed by atoms with E-state index in [4.69, 9.17) is 0 Å². The van der Waals surface area contributed by atoms with Crippen LogP contribution in [0.2, 0.25) is 0 Å². The second-order valence-electron chi connectivity index (χ2n) is 7.30. The number of nitrogens with one attached hydrogen (secondary N) is 2. The van der Waals surface area contributed by atoms with Crippen LogP contribution in [0.15, 0.2) is 84.9 Å². The number of benzene rings is 3. The maximum atomic E-state index is 13.2. The summed E-state index contributed by atoms with van der Waals surface area (Å²) in [6.07, 6.45) is -0.896. The minimum Gasteiger partial charge on any atom is -0.390 e. The Hall–Kier alpha value is -3.02. The van der Waals surface area contributed by atoms with Gasteiger partial charge in [0.2, 0.25) is 5.91 Å². The third kappa shape index (κ3) is 4.21. The molecule has 1 aliphatic rings. The van der Waals surface area contributed by atoms with E-state index in [1.165, 1.54) is 12.1 Å². The highest BCUT2D eigenvalue weighted by Crippen LogP contribution is 2.28. The summed E-state index contributed by atoms with van der Waals surface area (Å²) in [7, 11) is 0. The zero-order chi connectivity index (χ0) is 20.2. The van der Waals surface area contributed by atoms with Crippen LogP contribution in [-0.4, -0.2) is 29.7 Å². The largest absolute Gasteiger partial charge is 0.390 e. The number of halogens is 1. The van der Waals surface area contributed by atoms with Gasteiger partial charge in [0.1, 0.15) is 11.9 Å². The number of carbonyl (C=O) groups is 1. The second-order valence-corrected chi connectivity index (χ2v) is 7.30. The molecule has 5 heteroatoms. The summed E-state index contributed by atoms with van der Waals surface area (Å²) < 4.78 is 13.2. The number of rotatable bonds is 5. The van der Waals surface area contributed by atoms with Crippen LogP contribution in [0, 0.1) is 5.82 Å². The van der Waals surface area contributed by atoms with E-state index in [1.54, 1.807) is 12.1 Å². The average molecular weight is 390 g/mol. The summed E-state index contributed by atoms with van der Waals surface area (Å²) in [6, 6.07) is 24.5. The predicted octanol–water partition coefficient (Wildman–Crippen LogP) is 3.15. The van der Waals surface area contributed by atoms with Crippen molar-refractivity contribution in [3.8, 4) is 0 Å². The van der Waals surface area contributed by atoms with E-state index in [0.717, 1.165) is 16.7 Å². The lowest BCUT2D eigenvalue weighted by Gasteiger charge is -2.24. The molecule has 3 atom stereocenters. The van der Waals surface area contributed by atoms with Gasteiger partial charge in [-0.25, -0.2) is 4.39 Å². The van der Waals surface area contributed by atoms with Gasteiger partial charge in [0, 0.05) is 12.5 Å². The summed E-state index contributed by atoms with van der Waals surface area (Å²) in [5, 5.41) is 17.0. The van der Waals surface area contributed by atoms with Crippen molar-refractivity contribution in [1.29, 1.82) is 0 Å². The van der Waals surface area contributed by atoms with Gasteiger partial charge in [0.05, 0.1) is 12.1 Å². The zero-order valence-electron chi connectivity index (χ0n) is 15.8. The van der Waals surface area contributed by atoms with Crippen LogP contribution in [0.25, 0.3) is 0 Å². The van der Waals surface area contributed by atoms with Crippen LogP contribution >= 0.6 is 0 Å². The Kier molecular flexibility index (Phi) is 5.69. The summed E-state index contributed by atoms with van der Waals surface area (Å²) in [6.45, 7) is 0.451. The molecule has 0 saturated carbocycles. The minimum absolute atomic E-state index is 0.264. The van der Waals surface area contributed by atoms with Crippen LogP contribution in [0.4, 0.5) is 4.39 Å². The molecule has 3 aromatic rings. The number of aliphatic hydroxyl groups excluding tert-OH is 1. The van der Waals surface area contributed by atoms with Crippen LogP contribution < -0.4 is 10.6 Å². The number of hydrogen-bond acceptors (Lipinski definition) is 3. The Labute approximate surface area is 169 Å². The molecule has 0 aromatic heterocycles. The fourth-order valence-electron chi connectivity index (χ4n) is 3.88. The second kappa shape index (κ2) is 8.55. The summed E-state index contributed by atoms with van der Waals surface area (Å²) >= 11 is 0. The number of hydrogen-bond donors (Lipinski definition) is 3. The molecule has 4 nitrogen and oxygen atoms in total. The van der Waals surface area contributed by atoms with Crippen molar-refractivity contribution in [1.82, 2.24) is 10.6 Å². The highest BCUT2D eigenvalue weighted by molar-refractivity contribution is 5.84. The van der Waals surface area contributed by atoms with E-state index in [2.05, 4.69) is 10.6 Å². The Balaban J connectivity index is 1.53. The van der Waals surface area contributed by atoms with E-state index in [1.807, 2.05) is 60.7 Å². The summed E-state index contributed by atoms with van der Waals surface area (Å²) in [4.78, 5) is 13.1. The molecule has 1 heterocycles. The molecule has 3 N–H and O–H groups in total. The SMILES string of the molecule is O=C(NC(c1ccccc1)c1ccccc1)[C@H]1NCC(c2ccc(F)cc2)[C@H]1O. The van der Waals surface area contributed by atoms with Crippen LogP contribution in [-0.2, 0) is 4.79 Å². The third-order valence-corrected chi connectivity index (χ3v) is 5.44. The van der Waals surface area contributed by atoms with Gasteiger partial charge < -0.3 is 15.7 Å². The third-order valence-electron chi connectivity index (χ3n) is 5.44. The monoisotopic (exact) mass is 390 g/mol. The fourth-order valence-corrected chi connectivity index (χ4v) is 3.88. The molecule has 0 spiro atoms. The van der Waals surface area contributed by atoms with E-state index >= 15 is 0 Å². The number of amides is 1. The lowest BCUT2D eigenvalue weighted by Crippen LogP contribution is -2.47. The number of aliphatic hydroxyl groups is 1. The molecule has 3 aromatic carbocycles. The minimum atomic E-state index is -0.896. The smallest absolute Gasteiger partial charge is 0.240 e. The molecule has 4 rings (SSSR count). The van der Waals surface area contributed by atoms with Gasteiger partial charge in [-0.3, -0.25) is 4.79 Å². The van der Waals surface area contributed by atoms with Gasteiger partial charge in [-0.15, -0.1) is 0 Å². The first-order valence-electron chi connectivity index (χ1n) is 9.70. The molecule has 1 fully saturated rings. The van der Waals surface area contributed by atoms with Crippen LogP contribution in [0.1, 0.15) is 28.7 Å². The highest BCUT2D eigenvalue weighted by Gasteiger charge is 2.40. The van der Waals surface area contributed by atoms with Gasteiger partial charge in [0.15, 0.2) is 0 Å². The van der Waals surface area contributed by atoms with Crippen molar-refractivity contribution in [3.05, 3.63) is 107 Å². The van der Waals surface area contributed by atoms with Crippen molar-refractivity contribution in [3.63, 3.8) is 0 Å². The molecule has 1 unspecified atom stereocenters. The molecule has 0 bridgehead atoms. The highest BCUT2D eigenvalue weighted by atomic mass is 19.1. The van der Waals surface area contributed by atoms with Gasteiger partial charge in [-0.05, 0) is 28.8 Å². The van der Waals surface area contributed by atoms with Crippen LogP contribution in [0.3, 0.4) is 0 Å². The standard InChI is InChI=1S/C24H23FN2O2/c25-19-13-11-16(12-14-19)20-15-26-22(23(20)28)24(29)27-21(17-7-3-1-4-8-17)18-9-5-2-6-10-18/h1-14,20-23,26,28H,15H2,(H,27,29)/t20?,22-,23+/m0/s1. The average Bonchev–Trinajstić information content (AvgIpc) is 3.15. The Morgan fingerprint density at radius 3 is 2.03 bits per heavy atom. The quantitative estimate of drug-likeness (QED) is 0.627. The zero-order valence-corrected chi connectivity index (χ0v) is 15.8. The van der Waals surface area contributed by atoms with Crippen molar-refractivity contribution >= 4 is 5.91 Å². The Morgan fingerprint density at radius 2 is 1.48 bits per heavy atom. The van der Waals surface area contributed by atoms with Crippen molar-refractivity contribution in [2.24, 2.45) is 0 Å². The van der Waals surface area contributed by atoms with E-state index in [0.29, 0.717) is 6.54 Å². The molecule has 29 heavy (non-hydrogen) atoms. The summed E-state index contributed by atoms with van der Waals surface area (Å²) in [5.74, 6) is -0.852. The molecule has 1 amide bonds. The van der Waals surface area contributed by atoms with Gasteiger partial charge in [-0.2, -0.15) is 0 Å². The first-order valence-corrected chi connectivity index (χ1v) is 9.70. The van der Waals surface area contributed by atoms with Gasteiger partial charge >= 0.3 is 0 Å². The maximum absolute atomic E-state index is 13.2. The normalized spacial score (nSPS) is 21.3. The van der Waals surface area contributed by atoms with E-state index < -0.39 is 12.1 Å². The molecule has 1 aliphatic heterocycles. The molecule has 148 valence electrons. The molecule has 1 saturated heterocycles. The topological polar surface area (TPSA) is 61.4 Å². The first-order chi connectivity index (χ1) is 14.1. The Bertz CT molecular complexity index is 908. The van der Waals surface area contributed by atoms with Gasteiger partial charge in [-0.1, -0.05) is 72.8 Å². The maximum Gasteiger partial charge on any atom is 0.240 e. The predicted molar refractivity (Wildman–Crippen MR) is 110 cm³/mol. The first kappa shape index (κ1) is 19.3. The van der Waals surface area contributed by atoms with E-state index in [9.17, 15) is 14.3 Å². The lowest BCUT2D eigenvalue weighted by atomic mass is 9.92.